The first-order valence-electron chi connectivity index (χ1n) is 6.84. The number of hydrogen-bond donors (Lipinski definition) is 0. The molecule has 0 saturated heterocycles. The van der Waals surface area contributed by atoms with E-state index in [1.165, 1.54) is 44.5 Å². The van der Waals surface area contributed by atoms with Gasteiger partial charge >= 0.3 is 5.97 Å². The van der Waals surface area contributed by atoms with E-state index >= 15 is 0 Å². The average molecular weight is 372 g/mol. The van der Waals surface area contributed by atoms with Crippen LogP contribution in [0, 0.1) is 5.82 Å². The van der Waals surface area contributed by atoms with Gasteiger partial charge in [0.05, 0.1) is 22.6 Å². The number of ether oxygens (including phenoxy) is 1. The third-order valence-corrected chi connectivity index (χ3v) is 5.47. The molecule has 0 amide bonds. The predicted molar refractivity (Wildman–Crippen MR) is 87.8 cm³/mol. The molecule has 0 fully saturated rings. The van der Waals surface area contributed by atoms with Gasteiger partial charge in [-0.05, 0) is 35.9 Å². The fraction of sp³-hybridized carbons (Fsp3) is 0.188. The van der Waals surface area contributed by atoms with Crippen LogP contribution in [0.25, 0.3) is 0 Å². The third kappa shape index (κ3) is 3.92. The molecule has 5 nitrogen and oxygen atoms in total. The lowest BCUT2D eigenvalue weighted by molar-refractivity contribution is 0.0600. The van der Waals surface area contributed by atoms with E-state index in [0.29, 0.717) is 5.56 Å². The molecular weight excluding hydrogens is 357 g/mol. The van der Waals surface area contributed by atoms with Crippen molar-refractivity contribution in [2.24, 2.45) is 0 Å². The molecule has 8 heteroatoms. The highest BCUT2D eigenvalue weighted by atomic mass is 35.5. The second kappa shape index (κ2) is 7.29. The summed E-state index contributed by atoms with van der Waals surface area (Å²) in [6, 6.07) is 9.43. The van der Waals surface area contributed by atoms with Gasteiger partial charge in [0.25, 0.3) is 0 Å². The summed E-state index contributed by atoms with van der Waals surface area (Å²) in [5.41, 5.74) is 0.461. The maximum Gasteiger partial charge on any atom is 0.339 e. The number of nitrogens with zero attached hydrogens (tertiary/aromatic N) is 1. The molecule has 0 aliphatic heterocycles. The molecular formula is C16H15ClFNO4S. The van der Waals surface area contributed by atoms with Gasteiger partial charge in [-0.3, -0.25) is 0 Å². The van der Waals surface area contributed by atoms with Gasteiger partial charge in [-0.15, -0.1) is 0 Å². The standard InChI is InChI=1S/C16H15ClFNO4S/c1-19(10-11-4-3-5-12(18)8-11)24(21,22)13-6-7-15(17)14(9-13)16(20)23-2/h3-9H,10H2,1-2H3. The molecule has 0 atom stereocenters. The molecule has 128 valence electrons. The van der Waals surface area contributed by atoms with E-state index in [2.05, 4.69) is 4.74 Å². The maximum absolute atomic E-state index is 13.2. The number of carbonyl (C=O) groups excluding carboxylic acids is 1. The second-order valence-corrected chi connectivity index (χ2v) is 7.48. The molecule has 0 aliphatic carbocycles. The average Bonchev–Trinajstić information content (AvgIpc) is 2.54. The van der Waals surface area contributed by atoms with Crippen molar-refractivity contribution in [1.29, 1.82) is 0 Å². The van der Waals surface area contributed by atoms with Crippen molar-refractivity contribution in [1.82, 2.24) is 4.31 Å². The molecule has 2 aromatic carbocycles. The maximum atomic E-state index is 13.2. The van der Waals surface area contributed by atoms with Gasteiger partial charge in [-0.25, -0.2) is 17.6 Å². The Morgan fingerprint density at radius 2 is 1.96 bits per heavy atom. The number of rotatable bonds is 5. The number of sulfonamides is 1. The largest absolute Gasteiger partial charge is 0.465 e. The molecule has 24 heavy (non-hydrogen) atoms. The zero-order valence-corrected chi connectivity index (χ0v) is 14.6. The Morgan fingerprint density at radius 3 is 2.58 bits per heavy atom. The third-order valence-electron chi connectivity index (χ3n) is 3.35. The van der Waals surface area contributed by atoms with Crippen molar-refractivity contribution in [3.63, 3.8) is 0 Å². The Morgan fingerprint density at radius 1 is 1.25 bits per heavy atom. The number of carbonyl (C=O) groups is 1. The summed E-state index contributed by atoms with van der Waals surface area (Å²) >= 11 is 5.90. The van der Waals surface area contributed by atoms with Crippen LogP contribution in [0.3, 0.4) is 0 Å². The van der Waals surface area contributed by atoms with E-state index < -0.39 is 21.8 Å². The van der Waals surface area contributed by atoms with Crippen molar-refractivity contribution >= 4 is 27.6 Å². The van der Waals surface area contributed by atoms with E-state index in [1.54, 1.807) is 6.07 Å². The SMILES string of the molecule is COC(=O)c1cc(S(=O)(=O)N(C)Cc2cccc(F)c2)ccc1Cl. The first-order chi connectivity index (χ1) is 11.3. The highest BCUT2D eigenvalue weighted by molar-refractivity contribution is 7.89. The normalized spacial score (nSPS) is 11.5. The summed E-state index contributed by atoms with van der Waals surface area (Å²) in [6.45, 7) is -0.0176. The molecule has 2 aromatic rings. The van der Waals surface area contributed by atoms with E-state index in [1.807, 2.05) is 0 Å². The fourth-order valence-corrected chi connectivity index (χ4v) is 3.47. The second-order valence-electron chi connectivity index (χ2n) is 5.02. The van der Waals surface area contributed by atoms with Gasteiger partial charge in [0.15, 0.2) is 0 Å². The Kier molecular flexibility index (Phi) is 5.58. The van der Waals surface area contributed by atoms with Crippen LogP contribution in [0.15, 0.2) is 47.4 Å². The van der Waals surface area contributed by atoms with Crippen molar-refractivity contribution in [3.05, 3.63) is 64.4 Å². The van der Waals surface area contributed by atoms with Crippen LogP contribution in [0.2, 0.25) is 5.02 Å². The van der Waals surface area contributed by atoms with E-state index in [9.17, 15) is 17.6 Å². The monoisotopic (exact) mass is 371 g/mol. The Hall–Kier alpha value is -1.96. The van der Waals surface area contributed by atoms with Crippen LogP contribution in [0.5, 0.6) is 0 Å². The number of halogens is 2. The van der Waals surface area contributed by atoms with Crippen LogP contribution in [0.4, 0.5) is 4.39 Å². The minimum absolute atomic E-state index is 0.0176. The zero-order chi connectivity index (χ0) is 17.9. The van der Waals surface area contributed by atoms with Crippen LogP contribution in [-0.2, 0) is 21.3 Å². The first kappa shape index (κ1) is 18.4. The van der Waals surface area contributed by atoms with Gasteiger partial charge in [0.2, 0.25) is 10.0 Å². The molecule has 0 N–H and O–H groups in total. The van der Waals surface area contributed by atoms with Crippen LogP contribution in [0.1, 0.15) is 15.9 Å². The minimum Gasteiger partial charge on any atom is -0.465 e. The molecule has 0 unspecified atom stereocenters. The van der Waals surface area contributed by atoms with E-state index in [-0.39, 0.29) is 22.0 Å². The van der Waals surface area contributed by atoms with Crippen molar-refractivity contribution < 1.29 is 22.3 Å². The van der Waals surface area contributed by atoms with E-state index in [0.717, 1.165) is 10.4 Å². The fourth-order valence-electron chi connectivity index (χ4n) is 2.09. The Labute approximate surface area is 144 Å². The van der Waals surface area contributed by atoms with Gasteiger partial charge in [0.1, 0.15) is 5.82 Å². The number of hydrogen-bond acceptors (Lipinski definition) is 4. The Balaban J connectivity index is 2.34. The topological polar surface area (TPSA) is 63.7 Å². The number of methoxy groups -OCH3 is 1. The van der Waals surface area contributed by atoms with Gasteiger partial charge in [-0.2, -0.15) is 4.31 Å². The number of esters is 1. The molecule has 0 spiro atoms. The summed E-state index contributed by atoms with van der Waals surface area (Å²) in [6.07, 6.45) is 0. The van der Waals surface area contributed by atoms with Crippen molar-refractivity contribution in [2.45, 2.75) is 11.4 Å². The summed E-state index contributed by atoms with van der Waals surface area (Å²) in [5, 5.41) is 0.0913. The number of benzene rings is 2. The van der Waals surface area contributed by atoms with E-state index in [4.69, 9.17) is 11.6 Å². The lowest BCUT2D eigenvalue weighted by Gasteiger charge is -2.18. The lowest BCUT2D eigenvalue weighted by Crippen LogP contribution is -2.26. The molecule has 0 saturated carbocycles. The first-order valence-corrected chi connectivity index (χ1v) is 8.66. The van der Waals surface area contributed by atoms with Crippen molar-refractivity contribution in [2.75, 3.05) is 14.2 Å². The highest BCUT2D eigenvalue weighted by Gasteiger charge is 2.23. The smallest absolute Gasteiger partial charge is 0.339 e. The Bertz CT molecular complexity index is 870. The van der Waals surface area contributed by atoms with Gasteiger partial charge < -0.3 is 4.74 Å². The molecule has 0 radical (unpaired) electrons. The predicted octanol–water partition coefficient (Wildman–Crippen LogP) is 3.09. The van der Waals surface area contributed by atoms with Crippen molar-refractivity contribution in [3.8, 4) is 0 Å². The molecule has 2 rings (SSSR count). The van der Waals surface area contributed by atoms with Crippen LogP contribution < -0.4 is 0 Å². The van der Waals surface area contributed by atoms with Crippen LogP contribution >= 0.6 is 11.6 Å². The lowest BCUT2D eigenvalue weighted by atomic mass is 10.2. The quantitative estimate of drug-likeness (QED) is 0.758. The molecule has 0 aromatic heterocycles. The van der Waals surface area contributed by atoms with Gasteiger partial charge in [-0.1, -0.05) is 23.7 Å². The van der Waals surface area contributed by atoms with Crippen LogP contribution in [-0.4, -0.2) is 32.8 Å². The summed E-state index contributed by atoms with van der Waals surface area (Å²) < 4.78 is 44.1. The van der Waals surface area contributed by atoms with Gasteiger partial charge in [0, 0.05) is 13.6 Å². The molecule has 0 bridgehead atoms. The molecule has 0 aliphatic rings. The zero-order valence-electron chi connectivity index (χ0n) is 13.0. The summed E-state index contributed by atoms with van der Waals surface area (Å²) in [4.78, 5) is 11.5. The summed E-state index contributed by atoms with van der Waals surface area (Å²) in [5.74, 6) is -1.18. The highest BCUT2D eigenvalue weighted by Crippen LogP contribution is 2.24. The summed E-state index contributed by atoms with van der Waals surface area (Å²) in [7, 11) is -1.34. The molecule has 0 heterocycles. The minimum atomic E-state index is -3.89.